The zero-order chi connectivity index (χ0) is 18.6. The highest BCUT2D eigenvalue weighted by molar-refractivity contribution is 8.01. The third-order valence-corrected chi connectivity index (χ3v) is 7.40. The van der Waals surface area contributed by atoms with Crippen LogP contribution in [-0.2, 0) is 22.4 Å². The normalized spacial score (nSPS) is 26.3. The second kappa shape index (κ2) is 6.12. The van der Waals surface area contributed by atoms with Gasteiger partial charge in [-0.3, -0.25) is 9.59 Å². The van der Waals surface area contributed by atoms with Gasteiger partial charge in [-0.05, 0) is 44.7 Å². The predicted octanol–water partition coefficient (Wildman–Crippen LogP) is 2.75. The summed E-state index contributed by atoms with van der Waals surface area (Å²) in [6.45, 7) is 2.07. The van der Waals surface area contributed by atoms with E-state index in [4.69, 9.17) is 5.10 Å². The minimum atomic E-state index is -0.411. The Balaban J connectivity index is 1.48. The summed E-state index contributed by atoms with van der Waals surface area (Å²) < 4.78 is 1.84. The van der Waals surface area contributed by atoms with Gasteiger partial charge in [0, 0.05) is 17.7 Å². The first-order chi connectivity index (χ1) is 13.1. The van der Waals surface area contributed by atoms with Crippen LogP contribution < -0.4 is 5.32 Å². The largest absolute Gasteiger partial charge is 0.315 e. The summed E-state index contributed by atoms with van der Waals surface area (Å²) in [7, 11) is 0. The monoisotopic (exact) mass is 382 g/mol. The first-order valence-electron chi connectivity index (χ1n) is 9.50. The van der Waals surface area contributed by atoms with Gasteiger partial charge in [0.1, 0.15) is 11.9 Å². The van der Waals surface area contributed by atoms with Crippen molar-refractivity contribution >= 4 is 29.4 Å². The maximum Gasteiger partial charge on any atom is 0.249 e. The molecule has 2 aliphatic heterocycles. The number of rotatable bonds is 3. The van der Waals surface area contributed by atoms with Crippen molar-refractivity contribution in [3.05, 3.63) is 41.6 Å². The number of fused-ring (bicyclic) bond motifs is 2. The lowest BCUT2D eigenvalue weighted by molar-refractivity contribution is -0.135. The summed E-state index contributed by atoms with van der Waals surface area (Å²) in [5, 5.41) is 7.89. The van der Waals surface area contributed by atoms with Crippen LogP contribution in [0, 0.1) is 0 Å². The highest BCUT2D eigenvalue weighted by atomic mass is 32.2. The molecule has 2 amide bonds. The van der Waals surface area contributed by atoms with Crippen molar-refractivity contribution in [3.8, 4) is 5.69 Å². The van der Waals surface area contributed by atoms with Crippen LogP contribution in [0.3, 0.4) is 0 Å². The minimum absolute atomic E-state index is 0.0874. The molecule has 5 rings (SSSR count). The maximum atomic E-state index is 13.2. The number of anilines is 1. The van der Waals surface area contributed by atoms with Crippen LogP contribution in [0.15, 0.2) is 30.3 Å². The van der Waals surface area contributed by atoms with E-state index in [-0.39, 0.29) is 16.7 Å². The van der Waals surface area contributed by atoms with E-state index in [1.54, 1.807) is 16.7 Å². The zero-order valence-corrected chi connectivity index (χ0v) is 16.1. The number of thioether (sulfide) groups is 1. The molecule has 0 unspecified atom stereocenters. The summed E-state index contributed by atoms with van der Waals surface area (Å²) in [4.78, 5) is 27.1. The molecule has 1 N–H and O–H groups in total. The lowest BCUT2D eigenvalue weighted by Gasteiger charge is -2.30. The van der Waals surface area contributed by atoms with Crippen molar-refractivity contribution in [3.63, 3.8) is 0 Å². The number of benzene rings is 1. The van der Waals surface area contributed by atoms with Crippen molar-refractivity contribution in [2.24, 2.45) is 0 Å². The fourth-order valence-corrected chi connectivity index (χ4v) is 5.92. The molecule has 2 fully saturated rings. The number of para-hydroxylation sites is 1. The standard InChI is InChI=1S/C20H22N4O2S/c1-20-11-10-17(25)23(20)16(12-27-20)19(26)21-18-14-8-5-9-15(14)22-24(18)13-6-3-2-4-7-13/h2-4,6-7,16H,5,8-12H2,1H3,(H,21,26)/t16-,20+/m0/s1. The lowest BCUT2D eigenvalue weighted by Crippen LogP contribution is -2.48. The Kier molecular flexibility index (Phi) is 3.82. The van der Waals surface area contributed by atoms with Gasteiger partial charge in [0.2, 0.25) is 11.8 Å². The molecule has 2 aromatic rings. The van der Waals surface area contributed by atoms with E-state index in [0.29, 0.717) is 12.2 Å². The number of amides is 2. The summed E-state index contributed by atoms with van der Waals surface area (Å²) in [6, 6.07) is 9.47. The molecule has 0 spiro atoms. The van der Waals surface area contributed by atoms with Crippen molar-refractivity contribution in [1.82, 2.24) is 14.7 Å². The first-order valence-corrected chi connectivity index (χ1v) is 10.5. The molecule has 2 saturated heterocycles. The van der Waals surface area contributed by atoms with Crippen LogP contribution in [0.1, 0.15) is 37.4 Å². The smallest absolute Gasteiger partial charge is 0.249 e. The fraction of sp³-hybridized carbons (Fsp3) is 0.450. The highest BCUT2D eigenvalue weighted by Crippen LogP contribution is 2.47. The van der Waals surface area contributed by atoms with E-state index in [9.17, 15) is 9.59 Å². The van der Waals surface area contributed by atoms with Crippen LogP contribution in [-0.4, -0.2) is 43.2 Å². The van der Waals surface area contributed by atoms with Gasteiger partial charge < -0.3 is 10.2 Å². The third kappa shape index (κ3) is 2.59. The molecule has 3 heterocycles. The van der Waals surface area contributed by atoms with Crippen molar-refractivity contribution < 1.29 is 9.59 Å². The average molecular weight is 382 g/mol. The summed E-state index contributed by atoms with van der Waals surface area (Å²) in [5.74, 6) is 1.40. The molecular weight excluding hydrogens is 360 g/mol. The Morgan fingerprint density at radius 2 is 2.07 bits per heavy atom. The number of nitrogens with zero attached hydrogens (tertiary/aromatic N) is 3. The van der Waals surface area contributed by atoms with Gasteiger partial charge in [0.15, 0.2) is 0 Å². The SMILES string of the molecule is C[C@@]12CCC(=O)N1[C@H](C(=O)Nc1c3c(nn1-c1ccccc1)CCC3)CS2. The van der Waals surface area contributed by atoms with E-state index in [0.717, 1.165) is 48.4 Å². The molecule has 0 saturated carbocycles. The molecule has 1 aliphatic carbocycles. The van der Waals surface area contributed by atoms with Gasteiger partial charge in [-0.15, -0.1) is 11.8 Å². The molecule has 0 bridgehead atoms. The van der Waals surface area contributed by atoms with Gasteiger partial charge in [-0.1, -0.05) is 18.2 Å². The second-order valence-corrected chi connectivity index (χ2v) is 9.13. The third-order valence-electron chi connectivity index (χ3n) is 5.90. The summed E-state index contributed by atoms with van der Waals surface area (Å²) >= 11 is 1.72. The molecule has 0 radical (unpaired) electrons. The number of hydrogen-bond acceptors (Lipinski definition) is 4. The maximum absolute atomic E-state index is 13.2. The number of aryl methyl sites for hydroxylation is 1. The van der Waals surface area contributed by atoms with Crippen LogP contribution in [0.4, 0.5) is 5.82 Å². The molecule has 6 nitrogen and oxygen atoms in total. The molecule has 27 heavy (non-hydrogen) atoms. The van der Waals surface area contributed by atoms with E-state index in [1.165, 1.54) is 0 Å². The average Bonchev–Trinajstić information content (AvgIpc) is 3.39. The molecule has 1 aromatic heterocycles. The Labute approximate surface area is 162 Å². The molecule has 2 atom stereocenters. The summed E-state index contributed by atoms with van der Waals surface area (Å²) in [5.41, 5.74) is 3.13. The molecule has 7 heteroatoms. The molecule has 1 aromatic carbocycles. The van der Waals surface area contributed by atoms with Crippen LogP contribution in [0.25, 0.3) is 5.69 Å². The molecule has 3 aliphatic rings. The van der Waals surface area contributed by atoms with E-state index < -0.39 is 6.04 Å². The topological polar surface area (TPSA) is 67.2 Å². The van der Waals surface area contributed by atoms with Gasteiger partial charge in [0.05, 0.1) is 16.3 Å². The molecular formula is C20H22N4O2S. The highest BCUT2D eigenvalue weighted by Gasteiger charge is 2.53. The zero-order valence-electron chi connectivity index (χ0n) is 15.3. The number of nitrogens with one attached hydrogen (secondary N) is 1. The number of aromatic nitrogens is 2. The Bertz CT molecular complexity index is 926. The van der Waals surface area contributed by atoms with Crippen molar-refractivity contribution in [2.45, 2.75) is 49.9 Å². The quantitative estimate of drug-likeness (QED) is 0.886. The second-order valence-electron chi connectivity index (χ2n) is 7.63. The number of carbonyl (C=O) groups excluding carboxylic acids is 2. The van der Waals surface area contributed by atoms with Crippen molar-refractivity contribution in [1.29, 1.82) is 0 Å². The molecule has 140 valence electrons. The van der Waals surface area contributed by atoms with Crippen LogP contribution in [0.5, 0.6) is 0 Å². The Hall–Kier alpha value is -2.28. The van der Waals surface area contributed by atoms with Crippen LogP contribution >= 0.6 is 11.8 Å². The lowest BCUT2D eigenvalue weighted by atomic mass is 10.2. The van der Waals surface area contributed by atoms with Crippen LogP contribution in [0.2, 0.25) is 0 Å². The Morgan fingerprint density at radius 1 is 1.26 bits per heavy atom. The van der Waals surface area contributed by atoms with Crippen molar-refractivity contribution in [2.75, 3.05) is 11.1 Å². The van der Waals surface area contributed by atoms with Gasteiger partial charge in [-0.2, -0.15) is 5.10 Å². The predicted molar refractivity (Wildman–Crippen MR) is 105 cm³/mol. The van der Waals surface area contributed by atoms with E-state index in [2.05, 4.69) is 12.2 Å². The number of carbonyl (C=O) groups is 2. The fourth-order valence-electron chi connectivity index (χ4n) is 4.49. The van der Waals surface area contributed by atoms with E-state index in [1.807, 2.05) is 35.0 Å². The Morgan fingerprint density at radius 3 is 2.89 bits per heavy atom. The van der Waals surface area contributed by atoms with Gasteiger partial charge in [-0.25, -0.2) is 4.68 Å². The van der Waals surface area contributed by atoms with Gasteiger partial charge >= 0.3 is 0 Å². The summed E-state index contributed by atoms with van der Waals surface area (Å²) in [6.07, 6.45) is 4.29. The van der Waals surface area contributed by atoms with Gasteiger partial charge in [0.25, 0.3) is 0 Å². The minimum Gasteiger partial charge on any atom is -0.315 e. The first kappa shape index (κ1) is 16.9. The van der Waals surface area contributed by atoms with E-state index >= 15 is 0 Å². The number of hydrogen-bond donors (Lipinski definition) is 1.